The zero-order chi connectivity index (χ0) is 16.2. The Labute approximate surface area is 137 Å². The molecule has 0 unspecified atom stereocenters. The summed E-state index contributed by atoms with van der Waals surface area (Å²) in [6, 6.07) is 22.3. The third-order valence-electron chi connectivity index (χ3n) is 4.04. The summed E-state index contributed by atoms with van der Waals surface area (Å²) in [4.78, 5) is 2.17. The van der Waals surface area contributed by atoms with Crippen LogP contribution in [0.4, 0.5) is 0 Å². The van der Waals surface area contributed by atoms with Gasteiger partial charge in [-0.1, -0.05) is 60.7 Å². The second kappa shape index (κ2) is 6.96. The molecule has 0 radical (unpaired) electrons. The molecule has 0 aliphatic carbocycles. The molecule has 0 fully saturated rings. The molecule has 116 valence electrons. The van der Waals surface area contributed by atoms with Crippen molar-refractivity contribution in [2.75, 3.05) is 7.05 Å². The highest BCUT2D eigenvalue weighted by atomic mass is 16.4. The lowest BCUT2D eigenvalue weighted by molar-refractivity contribution is 0.319. The van der Waals surface area contributed by atoms with Crippen molar-refractivity contribution in [3.8, 4) is 0 Å². The molecule has 3 aromatic carbocycles. The quantitative estimate of drug-likeness (QED) is 0.710. The maximum atomic E-state index is 9.46. The molecule has 0 atom stereocenters. The van der Waals surface area contributed by atoms with Crippen LogP contribution in [-0.2, 0) is 13.1 Å². The number of rotatable bonds is 5. The fraction of sp³-hybridized carbons (Fsp3) is 0.158. The van der Waals surface area contributed by atoms with Gasteiger partial charge >= 0.3 is 7.12 Å². The summed E-state index contributed by atoms with van der Waals surface area (Å²) in [5.41, 5.74) is 2.75. The van der Waals surface area contributed by atoms with E-state index in [1.807, 2.05) is 31.3 Å². The Kier molecular flexibility index (Phi) is 4.77. The number of fused-ring (bicyclic) bond motifs is 1. The smallest absolute Gasteiger partial charge is 0.423 e. The van der Waals surface area contributed by atoms with Gasteiger partial charge in [0.2, 0.25) is 0 Å². The van der Waals surface area contributed by atoms with Crippen LogP contribution in [0.25, 0.3) is 10.8 Å². The van der Waals surface area contributed by atoms with Crippen molar-refractivity contribution in [2.45, 2.75) is 13.1 Å². The average molecular weight is 305 g/mol. The van der Waals surface area contributed by atoms with Gasteiger partial charge in [0.25, 0.3) is 0 Å². The van der Waals surface area contributed by atoms with E-state index in [0.717, 1.165) is 12.1 Å². The van der Waals surface area contributed by atoms with E-state index in [2.05, 4.69) is 41.3 Å². The molecule has 0 saturated heterocycles. The molecular weight excluding hydrogens is 285 g/mol. The van der Waals surface area contributed by atoms with Crippen LogP contribution in [0.5, 0.6) is 0 Å². The normalized spacial score (nSPS) is 11.1. The molecule has 23 heavy (non-hydrogen) atoms. The highest BCUT2D eigenvalue weighted by Gasteiger charge is 2.16. The van der Waals surface area contributed by atoms with E-state index < -0.39 is 7.12 Å². The van der Waals surface area contributed by atoms with Gasteiger partial charge in [0.15, 0.2) is 0 Å². The largest absolute Gasteiger partial charge is 0.488 e. The summed E-state index contributed by atoms with van der Waals surface area (Å²) in [5.74, 6) is 0. The van der Waals surface area contributed by atoms with E-state index >= 15 is 0 Å². The van der Waals surface area contributed by atoms with Crippen molar-refractivity contribution in [3.63, 3.8) is 0 Å². The Balaban J connectivity index is 1.75. The molecule has 3 aromatic rings. The Morgan fingerprint density at radius 2 is 1.52 bits per heavy atom. The predicted octanol–water partition coefficient (Wildman–Crippen LogP) is 2.15. The van der Waals surface area contributed by atoms with Crippen molar-refractivity contribution in [1.82, 2.24) is 4.90 Å². The van der Waals surface area contributed by atoms with Gasteiger partial charge in [-0.05, 0) is 40.5 Å². The lowest BCUT2D eigenvalue weighted by Gasteiger charge is -2.19. The number of nitrogens with zero attached hydrogens (tertiary/aromatic N) is 1. The molecule has 0 heterocycles. The molecule has 0 spiro atoms. The Morgan fingerprint density at radius 1 is 0.826 bits per heavy atom. The van der Waals surface area contributed by atoms with Crippen LogP contribution in [0.1, 0.15) is 11.1 Å². The highest BCUT2D eigenvalue weighted by Crippen LogP contribution is 2.17. The first kappa shape index (κ1) is 15.7. The fourth-order valence-electron chi connectivity index (χ4n) is 2.93. The average Bonchev–Trinajstić information content (AvgIpc) is 2.55. The van der Waals surface area contributed by atoms with Gasteiger partial charge < -0.3 is 10.0 Å². The number of hydrogen-bond donors (Lipinski definition) is 2. The summed E-state index contributed by atoms with van der Waals surface area (Å²) >= 11 is 0. The van der Waals surface area contributed by atoms with Crippen LogP contribution in [0, 0.1) is 0 Å². The van der Waals surface area contributed by atoms with E-state index in [1.165, 1.54) is 16.3 Å². The Bertz CT molecular complexity index is 804. The molecule has 0 bridgehead atoms. The van der Waals surface area contributed by atoms with Gasteiger partial charge in [0.05, 0.1) is 0 Å². The van der Waals surface area contributed by atoms with Gasteiger partial charge in [-0.3, -0.25) is 4.90 Å². The van der Waals surface area contributed by atoms with E-state index in [9.17, 15) is 10.0 Å². The van der Waals surface area contributed by atoms with Crippen molar-refractivity contribution in [1.29, 1.82) is 0 Å². The molecule has 4 heteroatoms. The predicted molar refractivity (Wildman–Crippen MR) is 95.4 cm³/mol. The highest BCUT2D eigenvalue weighted by molar-refractivity contribution is 6.59. The first-order chi connectivity index (χ1) is 11.1. The van der Waals surface area contributed by atoms with Crippen LogP contribution in [-0.4, -0.2) is 29.1 Å². The second-order valence-electron chi connectivity index (χ2n) is 5.93. The summed E-state index contributed by atoms with van der Waals surface area (Å²) < 4.78 is 0. The van der Waals surface area contributed by atoms with E-state index in [0.29, 0.717) is 12.0 Å². The molecule has 3 nitrogen and oxygen atoms in total. The molecule has 0 amide bonds. The Hall–Kier alpha value is -2.14. The van der Waals surface area contributed by atoms with Crippen LogP contribution in [0.2, 0.25) is 0 Å². The number of hydrogen-bond acceptors (Lipinski definition) is 3. The molecule has 2 N–H and O–H groups in total. The summed E-state index contributed by atoms with van der Waals surface area (Å²) in [6.07, 6.45) is 0. The topological polar surface area (TPSA) is 43.7 Å². The molecule has 0 aromatic heterocycles. The minimum absolute atomic E-state index is 0.567. The van der Waals surface area contributed by atoms with E-state index in [-0.39, 0.29) is 0 Å². The molecule has 3 rings (SSSR count). The lowest BCUT2D eigenvalue weighted by atomic mass is 9.77. The molecular formula is C19H20BNO2. The van der Waals surface area contributed by atoms with E-state index in [4.69, 9.17) is 0 Å². The second-order valence-corrected chi connectivity index (χ2v) is 5.93. The molecule has 0 aliphatic heterocycles. The third-order valence-corrected chi connectivity index (χ3v) is 4.04. The van der Waals surface area contributed by atoms with Crippen LogP contribution in [0.3, 0.4) is 0 Å². The maximum absolute atomic E-state index is 9.46. The standard InChI is InChI=1S/C19H20BNO2/c1-21(14-18-8-4-5-9-19(18)20(22)23)13-15-10-11-16-6-2-3-7-17(16)12-15/h2-12,22-23H,13-14H2,1H3. The summed E-state index contributed by atoms with van der Waals surface area (Å²) in [6.45, 7) is 1.47. The SMILES string of the molecule is CN(Cc1ccc2ccccc2c1)Cc1ccccc1B(O)O. The van der Waals surface area contributed by atoms with Crippen molar-refractivity contribution in [3.05, 3.63) is 77.9 Å². The zero-order valence-corrected chi connectivity index (χ0v) is 13.2. The third kappa shape index (κ3) is 3.80. The van der Waals surface area contributed by atoms with Crippen LogP contribution in [0.15, 0.2) is 66.7 Å². The van der Waals surface area contributed by atoms with Crippen LogP contribution >= 0.6 is 0 Å². The number of benzene rings is 3. The minimum Gasteiger partial charge on any atom is -0.423 e. The van der Waals surface area contributed by atoms with Crippen LogP contribution < -0.4 is 5.46 Å². The lowest BCUT2D eigenvalue weighted by Crippen LogP contribution is -2.34. The zero-order valence-electron chi connectivity index (χ0n) is 13.2. The van der Waals surface area contributed by atoms with Gasteiger partial charge in [-0.15, -0.1) is 0 Å². The first-order valence-electron chi connectivity index (χ1n) is 7.73. The maximum Gasteiger partial charge on any atom is 0.488 e. The summed E-state index contributed by atoms with van der Waals surface area (Å²) in [7, 11) is 0.607. The minimum atomic E-state index is -1.43. The van der Waals surface area contributed by atoms with Gasteiger partial charge in [-0.25, -0.2) is 0 Å². The van der Waals surface area contributed by atoms with Gasteiger partial charge in [0, 0.05) is 13.1 Å². The van der Waals surface area contributed by atoms with E-state index in [1.54, 1.807) is 6.07 Å². The monoisotopic (exact) mass is 305 g/mol. The summed E-state index contributed by atoms with van der Waals surface area (Å²) in [5, 5.41) is 21.4. The first-order valence-corrected chi connectivity index (χ1v) is 7.73. The Morgan fingerprint density at radius 3 is 2.30 bits per heavy atom. The van der Waals surface area contributed by atoms with Gasteiger partial charge in [0.1, 0.15) is 0 Å². The van der Waals surface area contributed by atoms with Crippen molar-refractivity contribution < 1.29 is 10.0 Å². The fourth-order valence-corrected chi connectivity index (χ4v) is 2.93. The van der Waals surface area contributed by atoms with Crippen molar-refractivity contribution >= 4 is 23.4 Å². The van der Waals surface area contributed by atoms with Gasteiger partial charge in [-0.2, -0.15) is 0 Å². The molecule has 0 aliphatic rings. The van der Waals surface area contributed by atoms with Crippen molar-refractivity contribution in [2.24, 2.45) is 0 Å². The molecule has 0 saturated carbocycles.